The van der Waals surface area contributed by atoms with Gasteiger partial charge in [0, 0.05) is 35.7 Å². The van der Waals surface area contributed by atoms with E-state index >= 15 is 4.39 Å². The second-order valence-corrected chi connectivity index (χ2v) is 12.1. The number of hydrogen-bond acceptors (Lipinski definition) is 7. The molecule has 1 unspecified atom stereocenters. The van der Waals surface area contributed by atoms with Gasteiger partial charge in [0.05, 0.1) is 29.4 Å². The van der Waals surface area contributed by atoms with Gasteiger partial charge < -0.3 is 9.47 Å². The van der Waals surface area contributed by atoms with Crippen LogP contribution in [0.5, 0.6) is 5.75 Å². The van der Waals surface area contributed by atoms with Crippen molar-refractivity contribution in [3.8, 4) is 5.75 Å². The van der Waals surface area contributed by atoms with E-state index in [1.807, 2.05) is 0 Å². The number of rotatable bonds is 6. The molecule has 1 fully saturated rings. The molecule has 1 aromatic heterocycles. The minimum Gasteiger partial charge on any atom is -0.490 e. The summed E-state index contributed by atoms with van der Waals surface area (Å²) in [5.41, 5.74) is -0.265. The van der Waals surface area contributed by atoms with Gasteiger partial charge in [0.25, 0.3) is 0 Å². The monoisotopic (exact) mass is 538 g/mol. The van der Waals surface area contributed by atoms with Crippen LogP contribution in [0.2, 0.25) is 5.02 Å². The number of sulfone groups is 1. The molecule has 2 aliphatic rings. The number of hydrogen-bond donors (Lipinski definition) is 0. The quantitative estimate of drug-likeness (QED) is 0.406. The summed E-state index contributed by atoms with van der Waals surface area (Å²) in [5, 5.41) is 1.09. The van der Waals surface area contributed by atoms with Crippen molar-refractivity contribution in [2.24, 2.45) is 5.92 Å². The smallest absolute Gasteiger partial charge is 0.189 e. The Morgan fingerprint density at radius 1 is 1.11 bits per heavy atom. The molecule has 5 rings (SSSR count). The van der Waals surface area contributed by atoms with Crippen LogP contribution < -0.4 is 4.74 Å². The number of ether oxygens (including phenoxy) is 2. The van der Waals surface area contributed by atoms with Crippen molar-refractivity contribution < 1.29 is 26.7 Å². The Kier molecular flexibility index (Phi) is 6.73. The Morgan fingerprint density at radius 2 is 1.89 bits per heavy atom. The first kappa shape index (κ1) is 24.4. The summed E-state index contributed by atoms with van der Waals surface area (Å²) in [4.78, 5) is 8.26. The summed E-state index contributed by atoms with van der Waals surface area (Å²) < 4.78 is 68.6. The van der Waals surface area contributed by atoms with Crippen molar-refractivity contribution in [3.05, 3.63) is 77.2 Å². The minimum absolute atomic E-state index is 0.0157. The number of thioether (sulfide) groups is 1. The molecule has 1 saturated heterocycles. The summed E-state index contributed by atoms with van der Waals surface area (Å²) in [6.07, 6.45) is 4.67. The topological polar surface area (TPSA) is 78.4 Å². The second kappa shape index (κ2) is 9.65. The molecule has 0 amide bonds. The highest BCUT2D eigenvalue weighted by atomic mass is 35.5. The van der Waals surface area contributed by atoms with E-state index < -0.39 is 38.2 Å². The van der Waals surface area contributed by atoms with E-state index in [1.54, 1.807) is 18.6 Å². The molecule has 2 aliphatic heterocycles. The Labute approximate surface area is 211 Å². The normalized spacial score (nSPS) is 23.7. The van der Waals surface area contributed by atoms with Crippen LogP contribution in [0.25, 0.3) is 0 Å². The average Bonchev–Trinajstić information content (AvgIpc) is 2.86. The summed E-state index contributed by atoms with van der Waals surface area (Å²) in [6.45, 7) is -0.0557. The average molecular weight is 539 g/mol. The minimum atomic E-state index is -4.22. The standard InChI is InChI=1S/C24H21ClF2N2O4S2/c25-15-1-3-16(4-2-15)35(30,31)24-8-11-32-20(7-12-34-21-13-28-9-10-29-21)17(24)14-33-23-19(27)6-5-18(26)22(23)24/h1-6,9-10,13,17,20H,7-8,11-12,14H2/t17?,20-,24-/m0/s1. The molecule has 3 heterocycles. The van der Waals surface area contributed by atoms with E-state index in [9.17, 15) is 12.8 Å². The summed E-state index contributed by atoms with van der Waals surface area (Å²) in [5.74, 6) is -2.17. The van der Waals surface area contributed by atoms with Crippen LogP contribution in [-0.4, -0.2) is 43.5 Å². The Bertz CT molecular complexity index is 1330. The van der Waals surface area contributed by atoms with Gasteiger partial charge >= 0.3 is 0 Å². The number of aromatic nitrogens is 2. The molecular formula is C24H21ClF2N2O4S2. The van der Waals surface area contributed by atoms with Crippen LogP contribution >= 0.6 is 23.4 Å². The zero-order chi connectivity index (χ0) is 24.6. The van der Waals surface area contributed by atoms with E-state index in [-0.39, 0.29) is 35.8 Å². The number of halogens is 3. The molecule has 3 aromatic rings. The zero-order valence-electron chi connectivity index (χ0n) is 18.4. The summed E-state index contributed by atoms with van der Waals surface area (Å²) in [7, 11) is -4.22. The zero-order valence-corrected chi connectivity index (χ0v) is 20.8. The molecule has 11 heteroatoms. The van der Waals surface area contributed by atoms with E-state index in [2.05, 4.69) is 9.97 Å². The SMILES string of the molecule is O=S(=O)(c1ccc(Cl)cc1)[C@@]12CCO[C@@H](CCSc3cnccn3)C1COc1c(F)ccc(F)c12. The number of nitrogens with zero attached hydrogens (tertiary/aromatic N) is 2. The Morgan fingerprint density at radius 3 is 2.63 bits per heavy atom. The van der Waals surface area contributed by atoms with Crippen LogP contribution in [0.4, 0.5) is 8.78 Å². The Hall–Kier alpha value is -2.27. The second-order valence-electron chi connectivity index (χ2n) is 8.34. The maximum atomic E-state index is 15.4. The van der Waals surface area contributed by atoms with Crippen LogP contribution in [-0.2, 0) is 19.3 Å². The first-order chi connectivity index (χ1) is 16.8. The van der Waals surface area contributed by atoms with Crippen LogP contribution in [0.3, 0.4) is 0 Å². The van der Waals surface area contributed by atoms with Gasteiger partial charge in [-0.1, -0.05) is 11.6 Å². The van der Waals surface area contributed by atoms with Gasteiger partial charge in [-0.05, 0) is 49.2 Å². The molecule has 0 radical (unpaired) electrons. The van der Waals surface area contributed by atoms with Crippen molar-refractivity contribution in [2.75, 3.05) is 19.0 Å². The predicted molar refractivity (Wildman–Crippen MR) is 127 cm³/mol. The first-order valence-electron chi connectivity index (χ1n) is 11.0. The van der Waals surface area contributed by atoms with Gasteiger partial charge in [-0.15, -0.1) is 11.8 Å². The predicted octanol–water partition coefficient (Wildman–Crippen LogP) is 5.06. The van der Waals surface area contributed by atoms with Crippen molar-refractivity contribution in [1.29, 1.82) is 0 Å². The highest BCUT2D eigenvalue weighted by Crippen LogP contribution is 2.56. The maximum absolute atomic E-state index is 15.4. The van der Waals surface area contributed by atoms with E-state index in [0.717, 1.165) is 17.2 Å². The van der Waals surface area contributed by atoms with Gasteiger partial charge in [0.1, 0.15) is 15.6 Å². The summed E-state index contributed by atoms with van der Waals surface area (Å²) in [6, 6.07) is 7.63. The molecule has 0 bridgehead atoms. The highest BCUT2D eigenvalue weighted by Gasteiger charge is 2.61. The molecule has 0 aliphatic carbocycles. The van der Waals surface area contributed by atoms with Gasteiger partial charge in [-0.25, -0.2) is 22.2 Å². The molecule has 2 aromatic carbocycles. The molecular weight excluding hydrogens is 518 g/mol. The fourth-order valence-electron chi connectivity index (χ4n) is 4.97. The van der Waals surface area contributed by atoms with Gasteiger partial charge in [0.2, 0.25) is 0 Å². The van der Waals surface area contributed by atoms with Gasteiger partial charge in [-0.2, -0.15) is 0 Å². The molecule has 184 valence electrons. The number of fused-ring (bicyclic) bond motifs is 3. The fourth-order valence-corrected chi connectivity index (χ4v) is 8.27. The van der Waals surface area contributed by atoms with Gasteiger partial charge in [0.15, 0.2) is 21.4 Å². The summed E-state index contributed by atoms with van der Waals surface area (Å²) >= 11 is 7.44. The van der Waals surface area contributed by atoms with Crippen LogP contribution in [0.15, 0.2) is 64.9 Å². The molecule has 3 atom stereocenters. The van der Waals surface area contributed by atoms with Gasteiger partial charge in [-0.3, -0.25) is 4.98 Å². The lowest BCUT2D eigenvalue weighted by atomic mass is 9.75. The molecule has 0 saturated carbocycles. The van der Waals surface area contributed by atoms with E-state index in [0.29, 0.717) is 17.2 Å². The number of benzene rings is 2. The third-order valence-electron chi connectivity index (χ3n) is 6.54. The molecule has 0 spiro atoms. The van der Waals surface area contributed by atoms with Crippen LogP contribution in [0, 0.1) is 17.6 Å². The first-order valence-corrected chi connectivity index (χ1v) is 13.8. The molecule has 0 N–H and O–H groups in total. The van der Waals surface area contributed by atoms with Crippen LogP contribution in [0.1, 0.15) is 18.4 Å². The Balaban J connectivity index is 1.58. The van der Waals surface area contributed by atoms with Crippen molar-refractivity contribution >= 4 is 33.2 Å². The van der Waals surface area contributed by atoms with Crippen molar-refractivity contribution in [3.63, 3.8) is 0 Å². The molecule has 35 heavy (non-hydrogen) atoms. The van der Waals surface area contributed by atoms with E-state index in [4.69, 9.17) is 21.1 Å². The largest absolute Gasteiger partial charge is 0.490 e. The van der Waals surface area contributed by atoms with E-state index in [1.165, 1.54) is 36.0 Å². The maximum Gasteiger partial charge on any atom is 0.189 e. The lowest BCUT2D eigenvalue weighted by Gasteiger charge is -2.50. The lowest BCUT2D eigenvalue weighted by Crippen LogP contribution is -2.57. The molecule has 6 nitrogen and oxygen atoms in total. The lowest BCUT2D eigenvalue weighted by molar-refractivity contribution is -0.0731. The fraction of sp³-hybridized carbons (Fsp3) is 0.333. The third-order valence-corrected chi connectivity index (χ3v) is 10.3. The van der Waals surface area contributed by atoms with Crippen molar-refractivity contribution in [1.82, 2.24) is 9.97 Å². The third kappa shape index (κ3) is 4.20. The van der Waals surface area contributed by atoms with Crippen molar-refractivity contribution in [2.45, 2.75) is 33.6 Å². The highest BCUT2D eigenvalue weighted by molar-refractivity contribution is 7.99.